The second kappa shape index (κ2) is 7.49. The third kappa shape index (κ3) is 3.56. The predicted molar refractivity (Wildman–Crippen MR) is 111 cm³/mol. The van der Waals surface area contributed by atoms with Gasteiger partial charge in [-0.3, -0.25) is 25.1 Å². The number of hydrazine groups is 1. The molecule has 1 aliphatic rings. The maximum absolute atomic E-state index is 12.7. The van der Waals surface area contributed by atoms with E-state index in [-0.39, 0.29) is 17.0 Å². The molecule has 150 valence electrons. The second-order valence-electron chi connectivity index (χ2n) is 6.58. The van der Waals surface area contributed by atoms with E-state index in [4.69, 9.17) is 16.0 Å². The van der Waals surface area contributed by atoms with Gasteiger partial charge in [0.15, 0.2) is 0 Å². The fraction of sp³-hybridized carbons (Fsp3) is 0.0476. The molecule has 0 bridgehead atoms. The third-order valence-electron chi connectivity index (χ3n) is 4.56. The van der Waals surface area contributed by atoms with Crippen molar-refractivity contribution in [2.45, 2.75) is 6.92 Å². The molecule has 0 spiro atoms. The number of hydrogen-bond acceptors (Lipinski definition) is 5. The largest absolute Gasteiger partial charge is 0.457 e. The lowest BCUT2D eigenvalue weighted by atomic mass is 10.1. The first-order chi connectivity index (χ1) is 14.3. The van der Waals surface area contributed by atoms with Crippen molar-refractivity contribution in [2.24, 2.45) is 0 Å². The summed E-state index contributed by atoms with van der Waals surface area (Å²) in [5, 5.41) is 12.5. The van der Waals surface area contributed by atoms with Crippen molar-refractivity contribution in [3.63, 3.8) is 0 Å². The summed E-state index contributed by atoms with van der Waals surface area (Å²) in [7, 11) is 0. The molecule has 4 rings (SSSR count). The van der Waals surface area contributed by atoms with Crippen LogP contribution in [0.25, 0.3) is 17.4 Å². The number of carbonyl (C=O) groups is 2. The molecule has 1 saturated heterocycles. The Morgan fingerprint density at radius 2 is 1.93 bits per heavy atom. The van der Waals surface area contributed by atoms with E-state index < -0.39 is 16.7 Å². The topological polar surface area (TPSA) is 106 Å². The van der Waals surface area contributed by atoms with E-state index in [9.17, 15) is 19.7 Å². The molecule has 0 radical (unpaired) electrons. The SMILES string of the molecule is Cc1ccc(N2NC(=O)/C(=C\c3ccc(-c4cccc([N+](=O)[O-])c4)o3)C2=O)cc1Cl. The van der Waals surface area contributed by atoms with Crippen LogP contribution in [0.15, 0.2) is 64.6 Å². The highest BCUT2D eigenvalue weighted by Crippen LogP contribution is 2.29. The summed E-state index contributed by atoms with van der Waals surface area (Å²) in [5.41, 5.74) is 4.11. The number of non-ortho nitro benzene ring substituents is 1. The van der Waals surface area contributed by atoms with Gasteiger partial charge in [-0.2, -0.15) is 0 Å². The zero-order valence-corrected chi connectivity index (χ0v) is 16.3. The maximum atomic E-state index is 12.7. The van der Waals surface area contributed by atoms with Crippen LogP contribution in [0.5, 0.6) is 0 Å². The van der Waals surface area contributed by atoms with Crippen molar-refractivity contribution < 1.29 is 18.9 Å². The summed E-state index contributed by atoms with van der Waals surface area (Å²) < 4.78 is 5.67. The Kier molecular flexibility index (Phi) is 4.85. The van der Waals surface area contributed by atoms with Gasteiger partial charge in [0.05, 0.1) is 10.6 Å². The molecule has 0 aliphatic carbocycles. The molecule has 2 heterocycles. The first-order valence-corrected chi connectivity index (χ1v) is 9.19. The summed E-state index contributed by atoms with van der Waals surface area (Å²) in [6, 6.07) is 14.2. The van der Waals surface area contributed by atoms with Gasteiger partial charge in [-0.05, 0) is 42.8 Å². The van der Waals surface area contributed by atoms with Gasteiger partial charge in [-0.1, -0.05) is 29.8 Å². The number of rotatable bonds is 4. The molecule has 2 aromatic carbocycles. The molecule has 0 atom stereocenters. The van der Waals surface area contributed by atoms with Crippen LogP contribution < -0.4 is 10.4 Å². The maximum Gasteiger partial charge on any atom is 0.282 e. The molecule has 0 unspecified atom stereocenters. The Hall–Kier alpha value is -3.91. The van der Waals surface area contributed by atoms with Crippen LogP contribution in [0.4, 0.5) is 11.4 Å². The number of nitro groups is 1. The lowest BCUT2D eigenvalue weighted by molar-refractivity contribution is -0.384. The number of carbonyl (C=O) groups excluding carboxylic acids is 2. The normalized spacial score (nSPS) is 15.0. The molecule has 1 N–H and O–H groups in total. The van der Waals surface area contributed by atoms with Crippen LogP contribution >= 0.6 is 11.6 Å². The van der Waals surface area contributed by atoms with Gasteiger partial charge in [0.2, 0.25) is 0 Å². The van der Waals surface area contributed by atoms with E-state index >= 15 is 0 Å². The fourth-order valence-corrected chi connectivity index (χ4v) is 3.14. The Morgan fingerprint density at radius 3 is 2.67 bits per heavy atom. The molecule has 8 nitrogen and oxygen atoms in total. The van der Waals surface area contributed by atoms with Gasteiger partial charge in [0.1, 0.15) is 17.1 Å². The van der Waals surface area contributed by atoms with Crippen molar-refractivity contribution >= 4 is 40.9 Å². The first kappa shape index (κ1) is 19.4. The first-order valence-electron chi connectivity index (χ1n) is 8.81. The van der Waals surface area contributed by atoms with Crippen LogP contribution in [-0.2, 0) is 9.59 Å². The number of benzene rings is 2. The Morgan fingerprint density at radius 1 is 1.13 bits per heavy atom. The van der Waals surface area contributed by atoms with Crippen molar-refractivity contribution in [1.82, 2.24) is 5.43 Å². The lowest BCUT2D eigenvalue weighted by Gasteiger charge is -2.15. The number of hydrogen-bond donors (Lipinski definition) is 1. The van der Waals surface area contributed by atoms with E-state index in [2.05, 4.69) is 5.43 Å². The predicted octanol–water partition coefficient (Wildman–Crippen LogP) is 4.28. The zero-order valence-electron chi connectivity index (χ0n) is 15.6. The van der Waals surface area contributed by atoms with E-state index in [1.54, 1.807) is 42.5 Å². The molecule has 9 heteroatoms. The van der Waals surface area contributed by atoms with Crippen molar-refractivity contribution in [3.05, 3.63) is 86.6 Å². The number of amides is 2. The number of aryl methyl sites for hydroxylation is 1. The molecule has 30 heavy (non-hydrogen) atoms. The van der Waals surface area contributed by atoms with E-state index in [1.165, 1.54) is 18.2 Å². The minimum atomic E-state index is -0.579. The van der Waals surface area contributed by atoms with Crippen LogP contribution in [0, 0.1) is 17.0 Å². The molecular formula is C21H14ClN3O5. The molecule has 0 saturated carbocycles. The summed E-state index contributed by atoms with van der Waals surface area (Å²) in [6.07, 6.45) is 1.33. The molecule has 2 amide bonds. The highest BCUT2D eigenvalue weighted by molar-refractivity contribution is 6.33. The fourth-order valence-electron chi connectivity index (χ4n) is 2.96. The molecule has 3 aromatic rings. The Balaban J connectivity index is 1.62. The molecule has 1 aliphatic heterocycles. The molecule has 1 aromatic heterocycles. The Bertz CT molecular complexity index is 1230. The van der Waals surface area contributed by atoms with Gasteiger partial charge in [-0.15, -0.1) is 0 Å². The average Bonchev–Trinajstić information content (AvgIpc) is 3.30. The van der Waals surface area contributed by atoms with Gasteiger partial charge < -0.3 is 4.42 Å². The highest BCUT2D eigenvalue weighted by Gasteiger charge is 2.35. The monoisotopic (exact) mass is 423 g/mol. The number of anilines is 1. The van der Waals surface area contributed by atoms with Crippen LogP contribution in [-0.4, -0.2) is 16.7 Å². The van der Waals surface area contributed by atoms with Crippen LogP contribution in [0.1, 0.15) is 11.3 Å². The standard InChI is InChI=1S/C21H14ClN3O5/c1-12-5-6-14(10-18(12)22)24-21(27)17(20(26)23-24)11-16-7-8-19(30-16)13-3-2-4-15(9-13)25(28)29/h2-11H,1H3,(H,23,26)/b17-11+. The van der Waals surface area contributed by atoms with E-state index in [1.807, 2.05) is 6.92 Å². The number of nitrogens with zero attached hydrogens (tertiary/aromatic N) is 2. The molecule has 1 fully saturated rings. The third-order valence-corrected chi connectivity index (χ3v) is 4.97. The van der Waals surface area contributed by atoms with Crippen molar-refractivity contribution in [1.29, 1.82) is 0 Å². The van der Waals surface area contributed by atoms with Gasteiger partial charge in [0.25, 0.3) is 17.5 Å². The summed E-state index contributed by atoms with van der Waals surface area (Å²) in [6.45, 7) is 1.83. The van der Waals surface area contributed by atoms with Gasteiger partial charge >= 0.3 is 0 Å². The smallest absolute Gasteiger partial charge is 0.282 e. The summed E-state index contributed by atoms with van der Waals surface area (Å²) in [4.78, 5) is 35.5. The van der Waals surface area contributed by atoms with E-state index in [0.717, 1.165) is 10.6 Å². The number of nitro benzene ring substituents is 1. The number of halogens is 1. The summed E-state index contributed by atoms with van der Waals surface area (Å²) >= 11 is 6.11. The second-order valence-corrected chi connectivity index (χ2v) is 6.99. The Labute approximate surface area is 175 Å². The van der Waals surface area contributed by atoms with E-state index in [0.29, 0.717) is 22.0 Å². The zero-order chi connectivity index (χ0) is 21.4. The van der Waals surface area contributed by atoms with Crippen LogP contribution in [0.2, 0.25) is 5.02 Å². The van der Waals surface area contributed by atoms with Crippen molar-refractivity contribution in [3.8, 4) is 11.3 Å². The minimum absolute atomic E-state index is 0.0680. The van der Waals surface area contributed by atoms with Crippen LogP contribution in [0.3, 0.4) is 0 Å². The van der Waals surface area contributed by atoms with Crippen molar-refractivity contribution in [2.75, 3.05) is 5.01 Å². The summed E-state index contributed by atoms with van der Waals surface area (Å²) in [5.74, 6) is -0.490. The number of nitrogens with one attached hydrogen (secondary N) is 1. The highest BCUT2D eigenvalue weighted by atomic mass is 35.5. The average molecular weight is 424 g/mol. The van der Waals surface area contributed by atoms with Gasteiger partial charge in [-0.25, -0.2) is 5.01 Å². The lowest BCUT2D eigenvalue weighted by Crippen LogP contribution is -2.35. The quantitative estimate of drug-likeness (QED) is 0.292. The number of furan rings is 1. The minimum Gasteiger partial charge on any atom is -0.457 e. The van der Waals surface area contributed by atoms with Gasteiger partial charge in [0, 0.05) is 22.7 Å². The molecular weight excluding hydrogens is 410 g/mol.